The first kappa shape index (κ1) is 27.1. The first-order valence-electron chi connectivity index (χ1n) is 13.5. The number of aromatic nitrogens is 2. The van der Waals surface area contributed by atoms with Gasteiger partial charge in [-0.3, -0.25) is 9.79 Å². The number of rotatable bonds is 7. The largest absolute Gasteiger partial charge is 0.481 e. The van der Waals surface area contributed by atoms with Crippen LogP contribution < -0.4 is 10.7 Å². The second-order valence-corrected chi connectivity index (χ2v) is 10.1. The van der Waals surface area contributed by atoms with Gasteiger partial charge in [-0.05, 0) is 91.4 Å². The standard InChI is InChI=1S/C33H32FN3O3/c1-21(33(39)40)6-4-11-30-31(23-12-15-25(34)16-13-23)36-26-17-14-24(20-27(35-30)19-18-26)32(38)37-29-10-5-8-22-7-2-3-9-28(22)29/h2-4,7,9,11-21,32,35-36,38H,5-6,8,10H2,1H3,(H,39,40)/b11-4+,17-14?,19-18?,24-14?,24-20?,26-17?,26-18?,27-19?,27-20?,31-30?,37-29?. The second kappa shape index (κ2) is 12.1. The number of aryl methyl sites for hydroxylation is 1. The molecule has 2 unspecified atom stereocenters. The van der Waals surface area contributed by atoms with E-state index < -0.39 is 18.1 Å². The maximum Gasteiger partial charge on any atom is 0.306 e. The molecule has 2 aliphatic rings. The van der Waals surface area contributed by atoms with Crippen molar-refractivity contribution in [3.05, 3.63) is 112 Å². The summed E-state index contributed by atoms with van der Waals surface area (Å²) >= 11 is 0. The molecule has 0 radical (unpaired) electrons. The van der Waals surface area contributed by atoms with E-state index in [-0.39, 0.29) is 5.82 Å². The van der Waals surface area contributed by atoms with Gasteiger partial charge in [0.05, 0.1) is 17.3 Å². The highest BCUT2D eigenvalue weighted by Crippen LogP contribution is 2.23. The molecule has 6 nitrogen and oxygen atoms in total. The molecular formula is C33H32FN3O3. The number of carboxylic acids is 1. The smallest absolute Gasteiger partial charge is 0.306 e. The Kier molecular flexibility index (Phi) is 8.22. The number of carboxylic acid groups (broad SMARTS) is 1. The predicted octanol–water partition coefficient (Wildman–Crippen LogP) is 5.04. The fraction of sp³-hybridized carbons (Fsp3) is 0.212. The van der Waals surface area contributed by atoms with Crippen LogP contribution in [0, 0.1) is 11.7 Å². The van der Waals surface area contributed by atoms with Gasteiger partial charge in [-0.2, -0.15) is 0 Å². The zero-order valence-corrected chi connectivity index (χ0v) is 22.3. The van der Waals surface area contributed by atoms with Crippen molar-refractivity contribution in [1.82, 2.24) is 9.97 Å². The van der Waals surface area contributed by atoms with Gasteiger partial charge in [-0.1, -0.05) is 43.3 Å². The Balaban J connectivity index is 1.60. The highest BCUT2D eigenvalue weighted by Gasteiger charge is 2.17. The molecule has 2 bridgehead atoms. The first-order chi connectivity index (χ1) is 19.4. The van der Waals surface area contributed by atoms with Crippen LogP contribution >= 0.6 is 0 Å². The molecule has 1 heterocycles. The van der Waals surface area contributed by atoms with E-state index in [0.29, 0.717) is 28.7 Å². The minimum atomic E-state index is -1.06. The zero-order chi connectivity index (χ0) is 28.1. The number of aromatic amines is 2. The zero-order valence-electron chi connectivity index (χ0n) is 22.3. The minimum absolute atomic E-state index is 0.336. The van der Waals surface area contributed by atoms with E-state index in [1.165, 1.54) is 17.7 Å². The van der Waals surface area contributed by atoms with Gasteiger partial charge in [0.1, 0.15) is 5.82 Å². The third kappa shape index (κ3) is 6.38. The lowest BCUT2D eigenvalue weighted by Crippen LogP contribution is -2.19. The van der Waals surface area contributed by atoms with Crippen LogP contribution in [-0.4, -0.2) is 38.1 Å². The molecule has 204 valence electrons. The fourth-order valence-electron chi connectivity index (χ4n) is 4.87. The van der Waals surface area contributed by atoms with E-state index in [2.05, 4.69) is 22.1 Å². The molecule has 0 fully saturated rings. The van der Waals surface area contributed by atoms with Crippen molar-refractivity contribution in [1.29, 1.82) is 0 Å². The number of aliphatic hydroxyl groups excluding tert-OH is 1. The van der Waals surface area contributed by atoms with Crippen molar-refractivity contribution in [3.63, 3.8) is 0 Å². The summed E-state index contributed by atoms with van der Waals surface area (Å²) < 4.78 is 13.7. The molecule has 0 saturated heterocycles. The predicted molar refractivity (Wildman–Crippen MR) is 157 cm³/mol. The maximum atomic E-state index is 13.7. The van der Waals surface area contributed by atoms with Gasteiger partial charge >= 0.3 is 5.97 Å². The van der Waals surface area contributed by atoms with Gasteiger partial charge in [0.25, 0.3) is 0 Å². The van der Waals surface area contributed by atoms with Crippen LogP contribution in [-0.2, 0) is 11.2 Å². The number of H-pyrrole nitrogens is 2. The van der Waals surface area contributed by atoms with Crippen molar-refractivity contribution in [2.45, 2.75) is 38.8 Å². The molecular weight excluding hydrogens is 505 g/mol. The number of benzene rings is 2. The number of aliphatic imine (C=N–C) groups is 1. The van der Waals surface area contributed by atoms with Gasteiger partial charge in [0.15, 0.2) is 6.23 Å². The van der Waals surface area contributed by atoms with E-state index in [4.69, 9.17) is 4.99 Å². The summed E-state index contributed by atoms with van der Waals surface area (Å²) in [5.74, 6) is -1.74. The van der Waals surface area contributed by atoms with E-state index in [1.54, 1.807) is 19.1 Å². The third-order valence-electron chi connectivity index (χ3n) is 7.13. The van der Waals surface area contributed by atoms with Gasteiger partial charge in [0, 0.05) is 27.5 Å². The van der Waals surface area contributed by atoms with Gasteiger partial charge in [0.2, 0.25) is 0 Å². The van der Waals surface area contributed by atoms with Gasteiger partial charge in [-0.25, -0.2) is 4.39 Å². The molecule has 0 amide bonds. The summed E-state index contributed by atoms with van der Waals surface area (Å²) in [7, 11) is 0. The Labute approximate surface area is 232 Å². The van der Waals surface area contributed by atoms with Gasteiger partial charge < -0.3 is 20.2 Å². The molecule has 0 saturated carbocycles. The minimum Gasteiger partial charge on any atom is -0.481 e. The molecule has 4 N–H and O–H groups in total. The Morgan fingerprint density at radius 2 is 1.80 bits per heavy atom. The lowest BCUT2D eigenvalue weighted by Gasteiger charge is -2.19. The van der Waals surface area contributed by atoms with Crippen molar-refractivity contribution >= 4 is 29.9 Å². The van der Waals surface area contributed by atoms with E-state index in [1.807, 2.05) is 54.6 Å². The molecule has 2 aromatic carbocycles. The topological polar surface area (TPSA) is 101 Å². The van der Waals surface area contributed by atoms with Crippen molar-refractivity contribution in [3.8, 4) is 11.3 Å². The molecule has 2 aliphatic carbocycles. The molecule has 40 heavy (non-hydrogen) atoms. The normalized spacial score (nSPS) is 16.7. The molecule has 0 spiro atoms. The number of fused-ring (bicyclic) bond motifs is 4. The highest BCUT2D eigenvalue weighted by molar-refractivity contribution is 6.03. The van der Waals surface area contributed by atoms with Crippen LogP contribution in [0.4, 0.5) is 4.39 Å². The lowest BCUT2D eigenvalue weighted by molar-refractivity contribution is -0.140. The Bertz CT molecular complexity index is 1670. The molecule has 5 rings (SSSR count). The average molecular weight is 538 g/mol. The average Bonchev–Trinajstić information content (AvgIpc) is 2.93. The number of carbonyl (C=O) groups is 1. The number of aliphatic hydroxyl groups is 1. The number of aliphatic carboxylic acids is 1. The summed E-state index contributed by atoms with van der Waals surface area (Å²) in [5, 5.41) is 22.0. The molecule has 3 aromatic rings. The summed E-state index contributed by atoms with van der Waals surface area (Å²) in [4.78, 5) is 22.9. The second-order valence-electron chi connectivity index (χ2n) is 10.1. The summed E-state index contributed by atoms with van der Waals surface area (Å²) in [6.45, 7) is 1.66. The van der Waals surface area contributed by atoms with Crippen LogP contribution in [0.5, 0.6) is 0 Å². The number of nitrogens with one attached hydrogen (secondary N) is 2. The highest BCUT2D eigenvalue weighted by atomic mass is 19.1. The molecule has 0 aliphatic heterocycles. The molecule has 2 atom stereocenters. The Hall–Kier alpha value is -4.49. The van der Waals surface area contributed by atoms with Gasteiger partial charge in [-0.15, -0.1) is 0 Å². The maximum absolute atomic E-state index is 13.7. The summed E-state index contributed by atoms with van der Waals surface area (Å²) in [6.07, 6.45) is 11.3. The van der Waals surface area contributed by atoms with E-state index in [0.717, 1.165) is 41.5 Å². The van der Waals surface area contributed by atoms with Crippen LogP contribution in [0.1, 0.15) is 43.0 Å². The number of hydrogen-bond donors (Lipinski definition) is 4. The third-order valence-corrected chi connectivity index (χ3v) is 7.13. The molecule has 7 heteroatoms. The number of hydrogen-bond acceptors (Lipinski definition) is 3. The number of nitrogens with zero attached hydrogens (tertiary/aromatic N) is 1. The summed E-state index contributed by atoms with van der Waals surface area (Å²) in [6, 6.07) is 18.2. The number of halogens is 1. The molecule has 1 aromatic heterocycles. The van der Waals surface area contributed by atoms with Crippen molar-refractivity contribution in [2.24, 2.45) is 10.9 Å². The van der Waals surface area contributed by atoms with Crippen molar-refractivity contribution in [2.75, 3.05) is 0 Å². The van der Waals surface area contributed by atoms with Crippen LogP contribution in [0.3, 0.4) is 0 Å². The van der Waals surface area contributed by atoms with Crippen LogP contribution in [0.2, 0.25) is 0 Å². The lowest BCUT2D eigenvalue weighted by atomic mass is 9.90. The van der Waals surface area contributed by atoms with Crippen molar-refractivity contribution < 1.29 is 19.4 Å². The van der Waals surface area contributed by atoms with E-state index in [9.17, 15) is 19.4 Å². The Morgan fingerprint density at radius 3 is 2.60 bits per heavy atom. The van der Waals surface area contributed by atoms with Crippen LogP contribution in [0.25, 0.3) is 29.5 Å². The van der Waals surface area contributed by atoms with E-state index >= 15 is 0 Å². The fourth-order valence-corrected chi connectivity index (χ4v) is 4.87. The first-order valence-corrected chi connectivity index (χ1v) is 13.5. The van der Waals surface area contributed by atoms with Crippen LogP contribution in [0.15, 0.2) is 83.4 Å². The number of allylic oxidation sites excluding steroid dienone is 2. The SMILES string of the molecule is CC(C/C=C/c1[nH]c2ccc([nH]c1-c1ccc(F)cc1)=CC=C(C(O)N=C1CCCc3ccccc31)C=2)C(=O)O. The quantitative estimate of drug-likeness (QED) is 0.340. The Morgan fingerprint density at radius 1 is 1.02 bits per heavy atom. The monoisotopic (exact) mass is 537 g/mol. The summed E-state index contributed by atoms with van der Waals surface area (Å²) in [5.41, 5.74) is 6.00.